The predicted molar refractivity (Wildman–Crippen MR) is 35.3 cm³/mol. The number of hydrogen-bond acceptors (Lipinski definition) is 2. The van der Waals surface area contributed by atoms with E-state index in [1.54, 1.807) is 7.11 Å². The van der Waals surface area contributed by atoms with Gasteiger partial charge in [-0.3, -0.25) is 4.99 Å². The molecule has 0 aliphatic rings. The second-order valence-corrected chi connectivity index (χ2v) is 1.60. The lowest BCUT2D eigenvalue weighted by Crippen LogP contribution is -1.81. The Morgan fingerprint density at radius 3 is 2.88 bits per heavy atom. The molecule has 0 spiro atoms. The first-order chi connectivity index (χ1) is 3.91. The summed E-state index contributed by atoms with van der Waals surface area (Å²) in [6, 6.07) is 0. The van der Waals surface area contributed by atoms with Crippen molar-refractivity contribution in [1.82, 2.24) is 0 Å². The molecule has 0 atom stereocenters. The molecule has 2 heteroatoms. The summed E-state index contributed by atoms with van der Waals surface area (Å²) in [5, 5.41) is 0. The Bertz CT molecular complexity index is 61.5. The van der Waals surface area contributed by atoms with Gasteiger partial charge < -0.3 is 4.74 Å². The Kier molecular flexibility index (Phi) is 6.04. The predicted octanol–water partition coefficient (Wildman–Crippen LogP) is 1.46. The number of rotatable bonds is 4. The maximum Gasteiger partial charge on any atom is 0.168 e. The van der Waals surface area contributed by atoms with Crippen LogP contribution in [0.15, 0.2) is 4.99 Å². The van der Waals surface area contributed by atoms with Crippen molar-refractivity contribution in [3.8, 4) is 0 Å². The monoisotopic (exact) mass is 115 g/mol. The summed E-state index contributed by atoms with van der Waals surface area (Å²) in [4.78, 5) is 3.93. The number of unbranched alkanes of at least 4 members (excludes halogenated alkanes) is 1. The molecule has 0 radical (unpaired) electrons. The highest BCUT2D eigenvalue weighted by Crippen LogP contribution is 1.84. The van der Waals surface area contributed by atoms with Crippen LogP contribution in [0.25, 0.3) is 0 Å². The maximum absolute atomic E-state index is 4.60. The summed E-state index contributed by atoms with van der Waals surface area (Å²) < 4.78 is 4.60. The molecular weight excluding hydrogens is 102 g/mol. The third kappa shape index (κ3) is 5.47. The van der Waals surface area contributed by atoms with E-state index in [0.29, 0.717) is 0 Å². The number of aliphatic imine (C=N–C) groups is 1. The zero-order valence-electron chi connectivity index (χ0n) is 5.55. The van der Waals surface area contributed by atoms with Gasteiger partial charge in [0.2, 0.25) is 0 Å². The van der Waals surface area contributed by atoms with Gasteiger partial charge in [0.15, 0.2) is 6.40 Å². The van der Waals surface area contributed by atoms with Crippen molar-refractivity contribution in [2.75, 3.05) is 13.7 Å². The first-order valence-electron chi connectivity index (χ1n) is 2.93. The van der Waals surface area contributed by atoms with E-state index in [1.807, 2.05) is 0 Å². The first kappa shape index (κ1) is 7.47. The van der Waals surface area contributed by atoms with Crippen LogP contribution in [-0.4, -0.2) is 20.1 Å². The zero-order chi connectivity index (χ0) is 6.24. The van der Waals surface area contributed by atoms with Crippen molar-refractivity contribution in [3.63, 3.8) is 0 Å². The van der Waals surface area contributed by atoms with Gasteiger partial charge in [0, 0.05) is 6.54 Å². The number of ether oxygens (including phenoxy) is 1. The highest BCUT2D eigenvalue weighted by atomic mass is 16.5. The Balaban J connectivity index is 2.80. The van der Waals surface area contributed by atoms with E-state index in [-0.39, 0.29) is 0 Å². The second kappa shape index (κ2) is 6.47. The number of methoxy groups -OCH3 is 1. The fraction of sp³-hybridized carbons (Fsp3) is 0.833. The molecule has 48 valence electrons. The van der Waals surface area contributed by atoms with Gasteiger partial charge in [-0.2, -0.15) is 0 Å². The molecule has 0 aliphatic carbocycles. The van der Waals surface area contributed by atoms with Crippen LogP contribution in [0.4, 0.5) is 0 Å². The quantitative estimate of drug-likeness (QED) is 0.309. The summed E-state index contributed by atoms with van der Waals surface area (Å²) in [5.74, 6) is 0. The number of hydrogen-bond donors (Lipinski definition) is 0. The largest absolute Gasteiger partial charge is 0.487 e. The minimum Gasteiger partial charge on any atom is -0.487 e. The summed E-state index contributed by atoms with van der Waals surface area (Å²) in [6.07, 6.45) is 3.83. The van der Waals surface area contributed by atoms with E-state index in [2.05, 4.69) is 16.7 Å². The molecule has 0 amide bonds. The molecule has 0 aliphatic heterocycles. The minimum absolute atomic E-state index is 0.893. The lowest BCUT2D eigenvalue weighted by molar-refractivity contribution is 0.420. The van der Waals surface area contributed by atoms with Gasteiger partial charge in [-0.1, -0.05) is 13.3 Å². The molecule has 2 nitrogen and oxygen atoms in total. The molecule has 0 aromatic carbocycles. The molecule has 0 fully saturated rings. The Morgan fingerprint density at radius 1 is 1.62 bits per heavy atom. The van der Waals surface area contributed by atoms with Crippen LogP contribution >= 0.6 is 0 Å². The molecule has 0 rings (SSSR count). The van der Waals surface area contributed by atoms with Crippen LogP contribution in [0, 0.1) is 0 Å². The summed E-state index contributed by atoms with van der Waals surface area (Å²) in [6.45, 7) is 3.03. The lowest BCUT2D eigenvalue weighted by Gasteiger charge is -1.87. The van der Waals surface area contributed by atoms with Crippen LogP contribution in [0.3, 0.4) is 0 Å². The van der Waals surface area contributed by atoms with Crippen LogP contribution in [0.1, 0.15) is 19.8 Å². The SMILES string of the molecule is CCCCN=COC. The van der Waals surface area contributed by atoms with Crippen LogP contribution in [0.2, 0.25) is 0 Å². The molecule has 0 N–H and O–H groups in total. The number of nitrogens with zero attached hydrogens (tertiary/aromatic N) is 1. The summed E-state index contributed by atoms with van der Waals surface area (Å²) >= 11 is 0. The Labute approximate surface area is 50.6 Å². The highest BCUT2D eigenvalue weighted by Gasteiger charge is 1.75. The van der Waals surface area contributed by atoms with Gasteiger partial charge in [-0.25, -0.2) is 0 Å². The standard InChI is InChI=1S/C6H13NO/c1-3-4-5-7-6-8-2/h6H,3-5H2,1-2H3. The zero-order valence-corrected chi connectivity index (χ0v) is 5.55. The first-order valence-corrected chi connectivity index (χ1v) is 2.93. The van der Waals surface area contributed by atoms with E-state index in [4.69, 9.17) is 0 Å². The average molecular weight is 115 g/mol. The lowest BCUT2D eigenvalue weighted by atomic mass is 10.3. The second-order valence-electron chi connectivity index (χ2n) is 1.60. The average Bonchev–Trinajstić information content (AvgIpc) is 1.81. The van der Waals surface area contributed by atoms with Crippen molar-refractivity contribution in [2.45, 2.75) is 19.8 Å². The third-order valence-electron chi connectivity index (χ3n) is 0.821. The van der Waals surface area contributed by atoms with Crippen LogP contribution in [0.5, 0.6) is 0 Å². The van der Waals surface area contributed by atoms with Gasteiger partial charge in [-0.05, 0) is 6.42 Å². The van der Waals surface area contributed by atoms with E-state index >= 15 is 0 Å². The van der Waals surface area contributed by atoms with Gasteiger partial charge in [-0.15, -0.1) is 0 Å². The van der Waals surface area contributed by atoms with Crippen LogP contribution in [-0.2, 0) is 4.74 Å². The van der Waals surface area contributed by atoms with Gasteiger partial charge in [0.05, 0.1) is 7.11 Å². The van der Waals surface area contributed by atoms with Crippen molar-refractivity contribution >= 4 is 6.40 Å². The smallest absolute Gasteiger partial charge is 0.168 e. The summed E-state index contributed by atoms with van der Waals surface area (Å²) in [5.41, 5.74) is 0. The fourth-order valence-electron chi connectivity index (χ4n) is 0.377. The molecule has 0 heterocycles. The molecule has 0 aromatic rings. The van der Waals surface area contributed by atoms with E-state index < -0.39 is 0 Å². The molecule has 0 bridgehead atoms. The molecule has 8 heavy (non-hydrogen) atoms. The third-order valence-corrected chi connectivity index (χ3v) is 0.821. The van der Waals surface area contributed by atoms with Gasteiger partial charge in [0.25, 0.3) is 0 Å². The fourth-order valence-corrected chi connectivity index (χ4v) is 0.377. The van der Waals surface area contributed by atoms with Crippen molar-refractivity contribution in [3.05, 3.63) is 0 Å². The molecule has 0 unspecified atom stereocenters. The summed E-state index contributed by atoms with van der Waals surface area (Å²) in [7, 11) is 1.61. The van der Waals surface area contributed by atoms with Crippen molar-refractivity contribution < 1.29 is 4.74 Å². The topological polar surface area (TPSA) is 21.6 Å². The van der Waals surface area contributed by atoms with Gasteiger partial charge in [0.1, 0.15) is 0 Å². The van der Waals surface area contributed by atoms with Crippen LogP contribution < -0.4 is 0 Å². The highest BCUT2D eigenvalue weighted by molar-refractivity contribution is 5.45. The normalized spacial score (nSPS) is 10.2. The van der Waals surface area contributed by atoms with E-state index in [9.17, 15) is 0 Å². The van der Waals surface area contributed by atoms with Gasteiger partial charge >= 0.3 is 0 Å². The Morgan fingerprint density at radius 2 is 2.38 bits per heavy atom. The van der Waals surface area contributed by atoms with E-state index in [0.717, 1.165) is 13.0 Å². The maximum atomic E-state index is 4.60. The molecule has 0 aromatic heterocycles. The Hall–Kier alpha value is -0.530. The molecule has 0 saturated carbocycles. The molecule has 0 saturated heterocycles. The van der Waals surface area contributed by atoms with Crippen molar-refractivity contribution in [1.29, 1.82) is 0 Å². The van der Waals surface area contributed by atoms with E-state index in [1.165, 1.54) is 12.8 Å². The molecular formula is C6H13NO. The van der Waals surface area contributed by atoms with Crippen molar-refractivity contribution in [2.24, 2.45) is 4.99 Å². The minimum atomic E-state index is 0.893.